The summed E-state index contributed by atoms with van der Waals surface area (Å²) < 4.78 is 10.6. The molecule has 2 heterocycles. The van der Waals surface area contributed by atoms with E-state index < -0.39 is 5.60 Å². The molecule has 0 N–H and O–H groups in total. The van der Waals surface area contributed by atoms with Crippen LogP contribution in [0.2, 0.25) is 0 Å². The molecule has 1 aromatic heterocycles. The van der Waals surface area contributed by atoms with Crippen LogP contribution >= 0.6 is 0 Å². The Balaban J connectivity index is 1.96. The van der Waals surface area contributed by atoms with Gasteiger partial charge in [0.2, 0.25) is 0 Å². The van der Waals surface area contributed by atoms with Crippen molar-refractivity contribution in [1.82, 2.24) is 14.9 Å². The number of nitrogens with zero attached hydrogens (tertiary/aromatic N) is 4. The van der Waals surface area contributed by atoms with E-state index in [9.17, 15) is 4.79 Å². The monoisotopic (exact) mass is 294 g/mol. The molecule has 0 unspecified atom stereocenters. The van der Waals surface area contributed by atoms with Crippen molar-refractivity contribution in [3.63, 3.8) is 0 Å². The van der Waals surface area contributed by atoms with Gasteiger partial charge in [0.25, 0.3) is 0 Å². The van der Waals surface area contributed by atoms with Gasteiger partial charge in [0.1, 0.15) is 11.9 Å². The lowest BCUT2D eigenvalue weighted by Crippen LogP contribution is -2.50. The summed E-state index contributed by atoms with van der Waals surface area (Å²) in [6.07, 6.45) is 2.87. The third kappa shape index (κ3) is 3.96. The number of rotatable bonds is 2. The second-order valence-electron chi connectivity index (χ2n) is 5.87. The van der Waals surface area contributed by atoms with Gasteiger partial charge in [-0.15, -0.1) is 0 Å². The standard InChI is InChI=1S/C14H22N4O3/c1-14(2,3)21-13(19)18-7-5-17(6-8-18)12-11(20-4)9-15-10-16-12/h9-10H,5-8H2,1-4H3. The molecule has 21 heavy (non-hydrogen) atoms. The third-order valence-electron chi connectivity index (χ3n) is 3.11. The minimum atomic E-state index is -0.468. The molecule has 1 aliphatic heterocycles. The second-order valence-corrected chi connectivity index (χ2v) is 5.87. The first-order valence-corrected chi connectivity index (χ1v) is 6.97. The third-order valence-corrected chi connectivity index (χ3v) is 3.11. The zero-order valence-corrected chi connectivity index (χ0v) is 13.0. The summed E-state index contributed by atoms with van der Waals surface area (Å²) >= 11 is 0. The molecule has 116 valence electrons. The van der Waals surface area contributed by atoms with E-state index in [1.54, 1.807) is 18.2 Å². The van der Waals surface area contributed by atoms with Crippen molar-refractivity contribution in [3.05, 3.63) is 12.5 Å². The van der Waals surface area contributed by atoms with Crippen LogP contribution in [0.4, 0.5) is 10.6 Å². The quantitative estimate of drug-likeness (QED) is 0.824. The summed E-state index contributed by atoms with van der Waals surface area (Å²) in [5.41, 5.74) is -0.468. The highest BCUT2D eigenvalue weighted by Gasteiger charge is 2.27. The molecule has 1 aromatic rings. The molecule has 1 saturated heterocycles. The van der Waals surface area contributed by atoms with Crippen LogP contribution in [-0.2, 0) is 4.74 Å². The predicted molar refractivity (Wildman–Crippen MR) is 78.6 cm³/mol. The van der Waals surface area contributed by atoms with E-state index in [0.29, 0.717) is 31.9 Å². The van der Waals surface area contributed by atoms with Crippen molar-refractivity contribution in [1.29, 1.82) is 0 Å². The molecule has 1 aliphatic rings. The largest absolute Gasteiger partial charge is 0.491 e. The molecule has 0 radical (unpaired) electrons. The maximum atomic E-state index is 12.0. The van der Waals surface area contributed by atoms with Crippen molar-refractivity contribution in [3.8, 4) is 5.75 Å². The van der Waals surface area contributed by atoms with Crippen LogP contribution in [0.1, 0.15) is 20.8 Å². The zero-order chi connectivity index (χ0) is 15.5. The van der Waals surface area contributed by atoms with Crippen molar-refractivity contribution in [2.75, 3.05) is 38.2 Å². The topological polar surface area (TPSA) is 67.8 Å². The van der Waals surface area contributed by atoms with E-state index in [1.165, 1.54) is 6.33 Å². The van der Waals surface area contributed by atoms with Crippen molar-refractivity contribution >= 4 is 11.9 Å². The molecule has 0 atom stereocenters. The van der Waals surface area contributed by atoms with Crippen LogP contribution in [0.25, 0.3) is 0 Å². The molecule has 0 bridgehead atoms. The number of aromatic nitrogens is 2. The minimum Gasteiger partial charge on any atom is -0.491 e. The molecular weight excluding hydrogens is 272 g/mol. The Kier molecular flexibility index (Phi) is 4.50. The van der Waals surface area contributed by atoms with Gasteiger partial charge < -0.3 is 19.3 Å². The molecule has 7 heteroatoms. The molecule has 0 spiro atoms. The SMILES string of the molecule is COc1cncnc1N1CCN(C(=O)OC(C)(C)C)CC1. The Morgan fingerprint density at radius 3 is 2.48 bits per heavy atom. The number of carbonyl (C=O) groups excluding carboxylic acids is 1. The first-order valence-electron chi connectivity index (χ1n) is 6.97. The Bertz CT molecular complexity index is 493. The summed E-state index contributed by atoms with van der Waals surface area (Å²) in [5.74, 6) is 1.40. The fourth-order valence-corrected chi connectivity index (χ4v) is 2.12. The first kappa shape index (κ1) is 15.3. The zero-order valence-electron chi connectivity index (χ0n) is 13.0. The lowest BCUT2D eigenvalue weighted by molar-refractivity contribution is 0.0240. The number of hydrogen-bond donors (Lipinski definition) is 0. The Morgan fingerprint density at radius 1 is 1.24 bits per heavy atom. The predicted octanol–water partition coefficient (Wildman–Crippen LogP) is 1.54. The van der Waals surface area contributed by atoms with E-state index >= 15 is 0 Å². The van der Waals surface area contributed by atoms with Gasteiger partial charge in [0, 0.05) is 26.2 Å². The van der Waals surface area contributed by atoms with E-state index in [-0.39, 0.29) is 6.09 Å². The molecular formula is C14H22N4O3. The fraction of sp³-hybridized carbons (Fsp3) is 0.643. The van der Waals surface area contributed by atoms with Crippen LogP contribution in [0.5, 0.6) is 5.75 Å². The van der Waals surface area contributed by atoms with Gasteiger partial charge in [0.15, 0.2) is 11.6 Å². The maximum Gasteiger partial charge on any atom is 0.410 e. The van der Waals surface area contributed by atoms with Crippen LogP contribution in [-0.4, -0.2) is 59.9 Å². The highest BCUT2D eigenvalue weighted by molar-refractivity contribution is 5.68. The van der Waals surface area contributed by atoms with E-state index in [1.807, 2.05) is 20.8 Å². The summed E-state index contributed by atoms with van der Waals surface area (Å²) in [6, 6.07) is 0. The van der Waals surface area contributed by atoms with E-state index in [0.717, 1.165) is 5.82 Å². The minimum absolute atomic E-state index is 0.267. The summed E-state index contributed by atoms with van der Waals surface area (Å²) in [5, 5.41) is 0. The first-order chi connectivity index (χ1) is 9.90. The molecule has 1 amide bonds. The molecule has 2 rings (SSSR count). The number of carbonyl (C=O) groups is 1. The lowest BCUT2D eigenvalue weighted by Gasteiger charge is -2.36. The number of piperazine rings is 1. The maximum absolute atomic E-state index is 12.0. The lowest BCUT2D eigenvalue weighted by atomic mass is 10.2. The Hall–Kier alpha value is -2.05. The molecule has 7 nitrogen and oxygen atoms in total. The smallest absolute Gasteiger partial charge is 0.410 e. The summed E-state index contributed by atoms with van der Waals surface area (Å²) in [4.78, 5) is 24.0. The number of methoxy groups -OCH3 is 1. The second kappa shape index (κ2) is 6.15. The average Bonchev–Trinajstić information content (AvgIpc) is 2.45. The van der Waals surface area contributed by atoms with Crippen LogP contribution in [0.15, 0.2) is 12.5 Å². The van der Waals surface area contributed by atoms with Gasteiger partial charge in [-0.25, -0.2) is 14.8 Å². The van der Waals surface area contributed by atoms with Gasteiger partial charge in [0.05, 0.1) is 13.3 Å². The number of amides is 1. The van der Waals surface area contributed by atoms with Gasteiger partial charge in [-0.3, -0.25) is 0 Å². The Labute approximate surface area is 124 Å². The normalized spacial score (nSPS) is 15.8. The van der Waals surface area contributed by atoms with Crippen LogP contribution in [0.3, 0.4) is 0 Å². The number of ether oxygens (including phenoxy) is 2. The molecule has 0 aromatic carbocycles. The summed E-state index contributed by atoms with van der Waals surface area (Å²) in [7, 11) is 1.60. The molecule has 0 saturated carbocycles. The highest BCUT2D eigenvalue weighted by atomic mass is 16.6. The van der Waals surface area contributed by atoms with Gasteiger partial charge >= 0.3 is 6.09 Å². The fourth-order valence-electron chi connectivity index (χ4n) is 2.12. The number of hydrogen-bond acceptors (Lipinski definition) is 6. The highest BCUT2D eigenvalue weighted by Crippen LogP contribution is 2.25. The summed E-state index contributed by atoms with van der Waals surface area (Å²) in [6.45, 7) is 8.18. The van der Waals surface area contributed by atoms with Crippen LogP contribution < -0.4 is 9.64 Å². The van der Waals surface area contributed by atoms with E-state index in [4.69, 9.17) is 9.47 Å². The Morgan fingerprint density at radius 2 is 1.90 bits per heavy atom. The van der Waals surface area contributed by atoms with Crippen molar-refractivity contribution < 1.29 is 14.3 Å². The van der Waals surface area contributed by atoms with Crippen molar-refractivity contribution in [2.45, 2.75) is 26.4 Å². The average molecular weight is 294 g/mol. The van der Waals surface area contributed by atoms with Gasteiger partial charge in [-0.05, 0) is 20.8 Å². The van der Waals surface area contributed by atoms with Crippen LogP contribution in [0, 0.1) is 0 Å². The van der Waals surface area contributed by atoms with E-state index in [2.05, 4.69) is 14.9 Å². The molecule has 0 aliphatic carbocycles. The van der Waals surface area contributed by atoms with Gasteiger partial charge in [-0.2, -0.15) is 0 Å². The van der Waals surface area contributed by atoms with Crippen molar-refractivity contribution in [2.24, 2.45) is 0 Å². The van der Waals surface area contributed by atoms with Gasteiger partial charge in [-0.1, -0.05) is 0 Å². The number of anilines is 1. The molecule has 1 fully saturated rings.